The van der Waals surface area contributed by atoms with E-state index in [9.17, 15) is 4.79 Å². The summed E-state index contributed by atoms with van der Waals surface area (Å²) in [6, 6.07) is 5.58. The second-order valence-corrected chi connectivity index (χ2v) is 2.24. The third kappa shape index (κ3) is 3.01. The molecule has 64 valence electrons. The first-order valence-electron chi connectivity index (χ1n) is 3.61. The molecule has 1 rings (SSSR count). The minimum atomic E-state index is -0.745. The summed E-state index contributed by atoms with van der Waals surface area (Å²) in [4.78, 5) is 14.2. The lowest BCUT2D eigenvalue weighted by molar-refractivity contribution is 0.158. The molecule has 0 aromatic carbocycles. The maximum atomic E-state index is 10.2. The van der Waals surface area contributed by atoms with E-state index < -0.39 is 6.09 Å². The summed E-state index contributed by atoms with van der Waals surface area (Å²) in [5.74, 6) is 0. The number of carbonyl (C=O) groups excluding carboxylic acids is 1. The fourth-order valence-corrected chi connectivity index (χ4v) is 0.802. The number of primary amides is 1. The molecular formula is C8H10N2O2. The number of hydrogen-bond donors (Lipinski definition) is 1. The van der Waals surface area contributed by atoms with Gasteiger partial charge in [-0.25, -0.2) is 4.79 Å². The monoisotopic (exact) mass is 166 g/mol. The molecule has 0 radical (unpaired) electrons. The molecule has 4 nitrogen and oxygen atoms in total. The van der Waals surface area contributed by atoms with Crippen molar-refractivity contribution in [2.75, 3.05) is 6.61 Å². The van der Waals surface area contributed by atoms with Gasteiger partial charge in [0, 0.05) is 18.3 Å². The summed E-state index contributed by atoms with van der Waals surface area (Å²) in [7, 11) is 0. The van der Waals surface area contributed by atoms with E-state index >= 15 is 0 Å². The van der Waals surface area contributed by atoms with Crippen LogP contribution in [0.4, 0.5) is 4.79 Å². The first kappa shape index (κ1) is 8.52. The van der Waals surface area contributed by atoms with Gasteiger partial charge in [0.1, 0.15) is 0 Å². The molecular weight excluding hydrogens is 156 g/mol. The fourth-order valence-electron chi connectivity index (χ4n) is 0.802. The van der Waals surface area contributed by atoms with E-state index in [2.05, 4.69) is 9.72 Å². The van der Waals surface area contributed by atoms with Crippen molar-refractivity contribution in [2.24, 2.45) is 5.73 Å². The molecule has 1 heterocycles. The number of ether oxygens (including phenoxy) is 1. The van der Waals surface area contributed by atoms with E-state index in [0.29, 0.717) is 6.42 Å². The Morgan fingerprint density at radius 2 is 2.42 bits per heavy atom. The molecule has 4 heteroatoms. The number of nitrogens with two attached hydrogens (primary N) is 1. The first-order chi connectivity index (χ1) is 5.79. The third-order valence-corrected chi connectivity index (χ3v) is 1.33. The van der Waals surface area contributed by atoms with Crippen LogP contribution < -0.4 is 5.73 Å². The highest BCUT2D eigenvalue weighted by Gasteiger charge is 1.95. The Kier molecular flexibility index (Phi) is 3.07. The van der Waals surface area contributed by atoms with Gasteiger partial charge in [0.05, 0.1) is 6.61 Å². The third-order valence-electron chi connectivity index (χ3n) is 1.33. The van der Waals surface area contributed by atoms with Gasteiger partial charge in [-0.2, -0.15) is 0 Å². The number of pyridine rings is 1. The van der Waals surface area contributed by atoms with Crippen LogP contribution in [-0.2, 0) is 11.2 Å². The van der Waals surface area contributed by atoms with E-state index in [1.807, 2.05) is 18.2 Å². The zero-order valence-electron chi connectivity index (χ0n) is 6.56. The standard InChI is InChI=1S/C8H10N2O2/c9-8(11)12-6-4-7-3-1-2-5-10-7/h1-3,5H,4,6H2,(H2,9,11). The van der Waals surface area contributed by atoms with Gasteiger partial charge in [-0.05, 0) is 12.1 Å². The predicted octanol–water partition coefficient (Wildman–Crippen LogP) is 0.719. The fraction of sp³-hybridized carbons (Fsp3) is 0.250. The zero-order chi connectivity index (χ0) is 8.81. The number of amides is 1. The van der Waals surface area contributed by atoms with Gasteiger partial charge in [-0.3, -0.25) is 4.98 Å². The topological polar surface area (TPSA) is 65.2 Å². The van der Waals surface area contributed by atoms with Crippen LogP contribution in [0.3, 0.4) is 0 Å². The second-order valence-electron chi connectivity index (χ2n) is 2.24. The van der Waals surface area contributed by atoms with Crippen molar-refractivity contribution in [3.05, 3.63) is 30.1 Å². The SMILES string of the molecule is NC(=O)OCCc1ccccn1. The Morgan fingerprint density at radius 1 is 1.58 bits per heavy atom. The highest BCUT2D eigenvalue weighted by Crippen LogP contribution is 1.94. The van der Waals surface area contributed by atoms with E-state index in [0.717, 1.165) is 5.69 Å². The number of nitrogens with zero attached hydrogens (tertiary/aromatic N) is 1. The Labute approximate surface area is 70.4 Å². The van der Waals surface area contributed by atoms with Crippen LogP contribution in [0.5, 0.6) is 0 Å². The molecule has 2 N–H and O–H groups in total. The number of rotatable bonds is 3. The average Bonchev–Trinajstić information content (AvgIpc) is 2.05. The van der Waals surface area contributed by atoms with Crippen molar-refractivity contribution >= 4 is 6.09 Å². The Morgan fingerprint density at radius 3 is 3.00 bits per heavy atom. The quantitative estimate of drug-likeness (QED) is 0.719. The van der Waals surface area contributed by atoms with Crippen LogP contribution in [0, 0.1) is 0 Å². The maximum absolute atomic E-state index is 10.2. The maximum Gasteiger partial charge on any atom is 0.404 e. The summed E-state index contributed by atoms with van der Waals surface area (Å²) in [6.07, 6.45) is 1.55. The van der Waals surface area contributed by atoms with Gasteiger partial charge in [-0.15, -0.1) is 0 Å². The Bertz CT molecular complexity index is 248. The van der Waals surface area contributed by atoms with Gasteiger partial charge in [-0.1, -0.05) is 6.07 Å². The van der Waals surface area contributed by atoms with Crippen molar-refractivity contribution < 1.29 is 9.53 Å². The molecule has 1 aromatic heterocycles. The highest BCUT2D eigenvalue weighted by atomic mass is 16.5. The van der Waals surface area contributed by atoms with Gasteiger partial charge in [0.25, 0.3) is 0 Å². The summed E-state index contributed by atoms with van der Waals surface area (Å²) >= 11 is 0. The largest absolute Gasteiger partial charge is 0.449 e. The lowest BCUT2D eigenvalue weighted by Crippen LogP contribution is -2.14. The van der Waals surface area contributed by atoms with Gasteiger partial charge in [0.15, 0.2) is 0 Å². The molecule has 0 saturated carbocycles. The lowest BCUT2D eigenvalue weighted by atomic mass is 10.3. The van der Waals surface area contributed by atoms with Crippen molar-refractivity contribution in [1.29, 1.82) is 0 Å². The van der Waals surface area contributed by atoms with E-state index in [4.69, 9.17) is 5.73 Å². The van der Waals surface area contributed by atoms with Crippen LogP contribution in [0.2, 0.25) is 0 Å². The molecule has 12 heavy (non-hydrogen) atoms. The van der Waals surface area contributed by atoms with E-state index in [1.54, 1.807) is 6.20 Å². The number of carbonyl (C=O) groups is 1. The normalized spacial score (nSPS) is 9.33. The van der Waals surface area contributed by atoms with E-state index in [1.165, 1.54) is 0 Å². The number of aromatic nitrogens is 1. The molecule has 0 bridgehead atoms. The molecule has 0 fully saturated rings. The Balaban J connectivity index is 2.29. The van der Waals surface area contributed by atoms with Crippen molar-refractivity contribution in [1.82, 2.24) is 4.98 Å². The second kappa shape index (κ2) is 4.33. The molecule has 0 atom stereocenters. The average molecular weight is 166 g/mol. The molecule has 1 aromatic rings. The minimum Gasteiger partial charge on any atom is -0.449 e. The smallest absolute Gasteiger partial charge is 0.404 e. The highest BCUT2D eigenvalue weighted by molar-refractivity contribution is 5.64. The molecule has 0 unspecified atom stereocenters. The van der Waals surface area contributed by atoms with Crippen LogP contribution in [0.25, 0.3) is 0 Å². The first-order valence-corrected chi connectivity index (χ1v) is 3.61. The molecule has 0 aliphatic carbocycles. The van der Waals surface area contributed by atoms with Crippen LogP contribution in [-0.4, -0.2) is 17.7 Å². The van der Waals surface area contributed by atoms with E-state index in [-0.39, 0.29) is 6.61 Å². The Hall–Kier alpha value is -1.58. The summed E-state index contributed by atoms with van der Waals surface area (Å²) < 4.78 is 4.54. The summed E-state index contributed by atoms with van der Waals surface area (Å²) in [6.45, 7) is 0.284. The summed E-state index contributed by atoms with van der Waals surface area (Å²) in [5, 5.41) is 0. The predicted molar refractivity (Wildman–Crippen MR) is 43.5 cm³/mol. The van der Waals surface area contributed by atoms with Crippen LogP contribution >= 0.6 is 0 Å². The summed E-state index contributed by atoms with van der Waals surface area (Å²) in [5.41, 5.74) is 5.66. The lowest BCUT2D eigenvalue weighted by Gasteiger charge is -1.99. The van der Waals surface area contributed by atoms with Gasteiger partial charge in [0.2, 0.25) is 0 Å². The van der Waals surface area contributed by atoms with Crippen molar-refractivity contribution in [3.8, 4) is 0 Å². The molecule has 0 aliphatic heterocycles. The van der Waals surface area contributed by atoms with Crippen LogP contribution in [0.15, 0.2) is 24.4 Å². The van der Waals surface area contributed by atoms with Gasteiger partial charge >= 0.3 is 6.09 Å². The van der Waals surface area contributed by atoms with Crippen molar-refractivity contribution in [3.63, 3.8) is 0 Å². The molecule has 0 aliphatic rings. The molecule has 0 saturated heterocycles. The van der Waals surface area contributed by atoms with Crippen LogP contribution in [0.1, 0.15) is 5.69 Å². The molecule has 1 amide bonds. The minimum absolute atomic E-state index is 0.284. The van der Waals surface area contributed by atoms with Gasteiger partial charge < -0.3 is 10.5 Å². The zero-order valence-corrected chi connectivity index (χ0v) is 6.56. The molecule has 0 spiro atoms. The van der Waals surface area contributed by atoms with Crippen molar-refractivity contribution in [2.45, 2.75) is 6.42 Å². The number of hydrogen-bond acceptors (Lipinski definition) is 3.